The number of hydrogen-bond acceptors (Lipinski definition) is 8. The van der Waals surface area contributed by atoms with Crippen molar-refractivity contribution >= 4 is 17.4 Å². The van der Waals surface area contributed by atoms with E-state index in [9.17, 15) is 9.59 Å². The Bertz CT molecular complexity index is 1080. The van der Waals surface area contributed by atoms with Gasteiger partial charge < -0.3 is 25.3 Å². The highest BCUT2D eigenvalue weighted by atomic mass is 16.5. The van der Waals surface area contributed by atoms with Crippen LogP contribution in [0.4, 0.5) is 11.5 Å². The van der Waals surface area contributed by atoms with Gasteiger partial charge in [-0.25, -0.2) is 9.97 Å². The molecule has 0 atom stereocenters. The molecule has 0 saturated carbocycles. The molecule has 2 aromatic heterocycles. The van der Waals surface area contributed by atoms with Crippen LogP contribution in [0.15, 0.2) is 23.4 Å². The molecule has 0 spiro atoms. The van der Waals surface area contributed by atoms with Crippen molar-refractivity contribution in [3.63, 3.8) is 0 Å². The van der Waals surface area contributed by atoms with Gasteiger partial charge in [0.2, 0.25) is 5.91 Å². The lowest BCUT2D eigenvalue weighted by Gasteiger charge is -2.29. The number of rotatable bonds is 2. The van der Waals surface area contributed by atoms with E-state index in [1.165, 1.54) is 19.2 Å². The van der Waals surface area contributed by atoms with Crippen LogP contribution in [0.1, 0.15) is 42.5 Å². The number of nitriles is 1. The number of nitrogens with two attached hydrogens (primary N) is 1. The molecule has 33 heavy (non-hydrogen) atoms. The van der Waals surface area contributed by atoms with E-state index in [0.29, 0.717) is 30.0 Å². The second-order valence-electron chi connectivity index (χ2n) is 8.49. The molecule has 174 valence electrons. The first-order chi connectivity index (χ1) is 16.1. The van der Waals surface area contributed by atoms with Crippen LogP contribution in [-0.4, -0.2) is 58.6 Å². The van der Waals surface area contributed by atoms with Crippen molar-refractivity contribution in [2.45, 2.75) is 38.6 Å². The molecule has 2 saturated heterocycles. The highest BCUT2D eigenvalue weighted by Crippen LogP contribution is 2.23. The van der Waals surface area contributed by atoms with Crippen molar-refractivity contribution in [3.05, 3.63) is 45.8 Å². The van der Waals surface area contributed by atoms with Crippen LogP contribution in [0.5, 0.6) is 0 Å². The smallest absolute Gasteiger partial charge is 0.255 e. The lowest BCUT2D eigenvalue weighted by molar-refractivity contribution is -0.137. The Kier molecular flexibility index (Phi) is 7.19. The van der Waals surface area contributed by atoms with Crippen molar-refractivity contribution in [2.75, 3.05) is 43.5 Å². The van der Waals surface area contributed by atoms with Crippen molar-refractivity contribution in [2.24, 2.45) is 5.92 Å². The third-order valence-corrected chi connectivity index (χ3v) is 6.38. The van der Waals surface area contributed by atoms with E-state index in [1.54, 1.807) is 12.3 Å². The standard InChI is InChI=1S/C13H12N6O.C10H17NO2/c14-4-8-3-9(5-16-12(8)15)19-2-1-11-10(6-19)13(20)18-7-17-11;12-10(11-5-1-2-6-11)9-3-7-13-8-4-9/h3,5,7H,1-2,6H2,(H2,15,16)(H,17,18,20);9H,1-8H2. The van der Waals surface area contributed by atoms with E-state index in [4.69, 9.17) is 15.7 Å². The summed E-state index contributed by atoms with van der Waals surface area (Å²) in [6.45, 7) is 4.68. The van der Waals surface area contributed by atoms with Gasteiger partial charge in [0.25, 0.3) is 5.56 Å². The summed E-state index contributed by atoms with van der Waals surface area (Å²) in [4.78, 5) is 38.5. The molecule has 2 aromatic rings. The van der Waals surface area contributed by atoms with Crippen LogP contribution in [-0.2, 0) is 22.5 Å². The van der Waals surface area contributed by atoms with E-state index in [0.717, 1.165) is 57.1 Å². The molecule has 5 heterocycles. The number of likely N-dealkylation sites (tertiary alicyclic amines) is 1. The molecule has 10 nitrogen and oxygen atoms in total. The molecule has 2 fully saturated rings. The SMILES string of the molecule is N#Cc1cc(N2CCc3nc[nH]c(=O)c3C2)cnc1N.O=C(C1CCOCC1)N1CCCC1. The molecule has 0 unspecified atom stereocenters. The van der Waals surface area contributed by atoms with Crippen molar-refractivity contribution in [1.29, 1.82) is 5.26 Å². The number of fused-ring (bicyclic) bond motifs is 1. The summed E-state index contributed by atoms with van der Waals surface area (Å²) >= 11 is 0. The summed E-state index contributed by atoms with van der Waals surface area (Å²) in [6, 6.07) is 3.70. The van der Waals surface area contributed by atoms with Gasteiger partial charge in [-0.2, -0.15) is 5.26 Å². The quantitative estimate of drug-likeness (QED) is 0.694. The number of aromatic nitrogens is 3. The van der Waals surface area contributed by atoms with Gasteiger partial charge in [-0.1, -0.05) is 0 Å². The summed E-state index contributed by atoms with van der Waals surface area (Å²) in [5.41, 5.74) is 8.10. The highest BCUT2D eigenvalue weighted by molar-refractivity contribution is 5.79. The number of ether oxygens (including phenoxy) is 1. The Morgan fingerprint density at radius 1 is 1.21 bits per heavy atom. The molecule has 3 aliphatic rings. The third kappa shape index (κ3) is 5.31. The van der Waals surface area contributed by atoms with Gasteiger partial charge in [0, 0.05) is 45.2 Å². The van der Waals surface area contributed by atoms with Crippen LogP contribution in [0, 0.1) is 17.2 Å². The molecule has 0 radical (unpaired) electrons. The molecule has 5 rings (SSSR count). The van der Waals surface area contributed by atoms with Gasteiger partial charge in [-0.15, -0.1) is 0 Å². The third-order valence-electron chi connectivity index (χ3n) is 6.38. The number of nitrogen functional groups attached to an aromatic ring is 1. The zero-order chi connectivity index (χ0) is 23.2. The number of anilines is 2. The van der Waals surface area contributed by atoms with E-state index < -0.39 is 0 Å². The van der Waals surface area contributed by atoms with Crippen molar-refractivity contribution < 1.29 is 9.53 Å². The highest BCUT2D eigenvalue weighted by Gasteiger charge is 2.27. The number of nitrogens with one attached hydrogen (secondary N) is 1. The number of carbonyl (C=O) groups is 1. The molecule has 0 aliphatic carbocycles. The maximum atomic E-state index is 11.9. The number of hydrogen-bond donors (Lipinski definition) is 2. The summed E-state index contributed by atoms with van der Waals surface area (Å²) in [5.74, 6) is 0.848. The van der Waals surface area contributed by atoms with E-state index in [2.05, 4.69) is 15.0 Å². The number of aromatic amines is 1. The Labute approximate surface area is 192 Å². The number of nitrogens with zero attached hydrogens (tertiary/aromatic N) is 5. The fourth-order valence-corrected chi connectivity index (χ4v) is 4.44. The average molecular weight is 452 g/mol. The molecule has 3 aliphatic heterocycles. The number of pyridine rings is 1. The first-order valence-electron chi connectivity index (χ1n) is 11.4. The van der Waals surface area contributed by atoms with Gasteiger partial charge in [-0.3, -0.25) is 9.59 Å². The van der Waals surface area contributed by atoms with Gasteiger partial charge in [0.1, 0.15) is 11.9 Å². The van der Waals surface area contributed by atoms with Gasteiger partial charge in [-0.05, 0) is 31.7 Å². The van der Waals surface area contributed by atoms with Crippen LogP contribution < -0.4 is 16.2 Å². The van der Waals surface area contributed by atoms with Gasteiger partial charge in [0.05, 0.1) is 41.6 Å². The zero-order valence-corrected chi connectivity index (χ0v) is 18.6. The van der Waals surface area contributed by atoms with Crippen molar-refractivity contribution in [3.8, 4) is 6.07 Å². The normalized spacial score (nSPS) is 18.2. The zero-order valence-electron chi connectivity index (χ0n) is 18.6. The topological polar surface area (TPSA) is 141 Å². The van der Waals surface area contributed by atoms with Crippen molar-refractivity contribution in [1.82, 2.24) is 19.9 Å². The predicted octanol–water partition coefficient (Wildman–Crippen LogP) is 1.22. The lowest BCUT2D eigenvalue weighted by Crippen LogP contribution is -2.36. The molecule has 0 aromatic carbocycles. The van der Waals surface area contributed by atoms with Crippen LogP contribution in [0.3, 0.4) is 0 Å². The number of amides is 1. The lowest BCUT2D eigenvalue weighted by atomic mass is 9.99. The second-order valence-corrected chi connectivity index (χ2v) is 8.49. The Hall–Kier alpha value is -3.45. The number of H-pyrrole nitrogens is 1. The molecule has 10 heteroatoms. The minimum Gasteiger partial charge on any atom is -0.383 e. The second kappa shape index (κ2) is 10.4. The Morgan fingerprint density at radius 3 is 2.70 bits per heavy atom. The minimum atomic E-state index is -0.122. The van der Waals surface area contributed by atoms with Crippen LogP contribution in [0.25, 0.3) is 0 Å². The first-order valence-corrected chi connectivity index (χ1v) is 11.4. The summed E-state index contributed by atoms with van der Waals surface area (Å²) < 4.78 is 5.24. The number of carbonyl (C=O) groups excluding carboxylic acids is 1. The summed E-state index contributed by atoms with van der Waals surface area (Å²) in [5, 5.41) is 8.99. The molecular weight excluding hydrogens is 422 g/mol. The Balaban J connectivity index is 0.000000172. The maximum absolute atomic E-state index is 11.9. The van der Waals surface area contributed by atoms with E-state index in [-0.39, 0.29) is 17.3 Å². The largest absolute Gasteiger partial charge is 0.383 e. The van der Waals surface area contributed by atoms with Crippen LogP contribution in [0.2, 0.25) is 0 Å². The molecule has 1 amide bonds. The monoisotopic (exact) mass is 451 g/mol. The van der Waals surface area contributed by atoms with E-state index in [1.807, 2.05) is 15.9 Å². The summed E-state index contributed by atoms with van der Waals surface area (Å²) in [6.07, 6.45) is 7.96. The van der Waals surface area contributed by atoms with Gasteiger partial charge >= 0.3 is 0 Å². The molecule has 0 bridgehead atoms. The Morgan fingerprint density at radius 2 is 1.97 bits per heavy atom. The summed E-state index contributed by atoms with van der Waals surface area (Å²) in [7, 11) is 0. The maximum Gasteiger partial charge on any atom is 0.255 e. The van der Waals surface area contributed by atoms with E-state index >= 15 is 0 Å². The molecular formula is C23H29N7O3. The van der Waals surface area contributed by atoms with Crippen LogP contribution >= 0.6 is 0 Å². The molecule has 3 N–H and O–H groups in total. The average Bonchev–Trinajstić information content (AvgIpc) is 3.40. The minimum absolute atomic E-state index is 0.122. The predicted molar refractivity (Wildman–Crippen MR) is 122 cm³/mol. The first kappa shape index (κ1) is 22.7. The fraction of sp³-hybridized carbons (Fsp3) is 0.522. The fourth-order valence-electron chi connectivity index (χ4n) is 4.44. The van der Waals surface area contributed by atoms with Gasteiger partial charge in [0.15, 0.2) is 0 Å².